The third-order valence-corrected chi connectivity index (χ3v) is 2.89. The molecule has 2 heterocycles. The molecule has 0 bridgehead atoms. The molecule has 16 heavy (non-hydrogen) atoms. The van der Waals surface area contributed by atoms with Gasteiger partial charge in [0.15, 0.2) is 0 Å². The van der Waals surface area contributed by atoms with Crippen molar-refractivity contribution in [3.05, 3.63) is 35.1 Å². The Balaban J connectivity index is 2.44. The number of rotatable bonds is 3. The third kappa shape index (κ3) is 1.72. The number of halogens is 1. The lowest BCUT2D eigenvalue weighted by molar-refractivity contribution is 0.588. The van der Waals surface area contributed by atoms with Gasteiger partial charge < -0.3 is 10.3 Å². The van der Waals surface area contributed by atoms with Gasteiger partial charge in [-0.2, -0.15) is 5.10 Å². The van der Waals surface area contributed by atoms with Gasteiger partial charge in [-0.3, -0.25) is 4.68 Å². The predicted molar refractivity (Wildman–Crippen MR) is 62.1 cm³/mol. The zero-order chi connectivity index (χ0) is 11.7. The zero-order valence-electron chi connectivity index (χ0n) is 9.26. The molecule has 1 unspecified atom stereocenters. The van der Waals surface area contributed by atoms with Crippen molar-refractivity contribution in [2.75, 3.05) is 0 Å². The number of hydrogen-bond donors (Lipinski definition) is 1. The largest absolute Gasteiger partial charge is 0.336 e. The molecule has 5 nitrogen and oxygen atoms in total. The Kier molecular flexibility index (Phi) is 2.98. The van der Waals surface area contributed by atoms with Crippen LogP contribution in [0.4, 0.5) is 0 Å². The number of aryl methyl sites for hydroxylation is 2. The van der Waals surface area contributed by atoms with Crippen LogP contribution in [-0.4, -0.2) is 19.3 Å². The fraction of sp³-hybridized carbons (Fsp3) is 0.400. The van der Waals surface area contributed by atoms with E-state index in [1.54, 1.807) is 23.4 Å². The first-order valence-corrected chi connectivity index (χ1v) is 5.46. The SMILES string of the molecule is CCn1ncc(Cl)c1C(N)c1cncn1C. The van der Waals surface area contributed by atoms with Crippen LogP contribution in [0.2, 0.25) is 5.02 Å². The van der Waals surface area contributed by atoms with Crippen molar-refractivity contribution in [1.82, 2.24) is 19.3 Å². The zero-order valence-corrected chi connectivity index (χ0v) is 10.0. The quantitative estimate of drug-likeness (QED) is 0.879. The van der Waals surface area contributed by atoms with Crippen LogP contribution < -0.4 is 5.73 Å². The molecule has 2 rings (SSSR count). The van der Waals surface area contributed by atoms with Gasteiger partial charge in [0.25, 0.3) is 0 Å². The van der Waals surface area contributed by atoms with E-state index in [0.29, 0.717) is 5.02 Å². The molecule has 0 spiro atoms. The highest BCUT2D eigenvalue weighted by molar-refractivity contribution is 6.31. The monoisotopic (exact) mass is 239 g/mol. The molecule has 0 aliphatic heterocycles. The van der Waals surface area contributed by atoms with E-state index in [-0.39, 0.29) is 6.04 Å². The topological polar surface area (TPSA) is 61.7 Å². The molecule has 0 aliphatic carbocycles. The maximum absolute atomic E-state index is 6.18. The molecule has 0 amide bonds. The normalized spacial score (nSPS) is 13.0. The van der Waals surface area contributed by atoms with Gasteiger partial charge in [0.1, 0.15) is 0 Å². The Labute approximate surface area is 98.8 Å². The van der Waals surface area contributed by atoms with Crippen LogP contribution in [0.15, 0.2) is 18.7 Å². The first-order valence-electron chi connectivity index (χ1n) is 5.08. The number of nitrogens with two attached hydrogens (primary N) is 1. The second-order valence-electron chi connectivity index (χ2n) is 3.60. The fourth-order valence-electron chi connectivity index (χ4n) is 1.74. The van der Waals surface area contributed by atoms with Gasteiger partial charge in [-0.15, -0.1) is 0 Å². The molecule has 2 aromatic heterocycles. The standard InChI is InChI=1S/C10H14ClN5/c1-3-16-10(7(11)4-14-16)9(12)8-5-13-6-15(8)2/h4-6,9H,3,12H2,1-2H3. The average Bonchev–Trinajstić information content (AvgIpc) is 2.83. The van der Waals surface area contributed by atoms with Crippen LogP contribution in [0.5, 0.6) is 0 Å². The van der Waals surface area contributed by atoms with Crippen LogP contribution >= 0.6 is 11.6 Å². The van der Waals surface area contributed by atoms with Crippen molar-refractivity contribution in [2.45, 2.75) is 19.5 Å². The summed E-state index contributed by atoms with van der Waals surface area (Å²) in [5.41, 5.74) is 7.92. The number of hydrogen-bond acceptors (Lipinski definition) is 3. The van der Waals surface area contributed by atoms with Crippen molar-refractivity contribution in [3.8, 4) is 0 Å². The van der Waals surface area contributed by atoms with Crippen molar-refractivity contribution in [2.24, 2.45) is 12.8 Å². The summed E-state index contributed by atoms with van der Waals surface area (Å²) in [6.45, 7) is 2.75. The van der Waals surface area contributed by atoms with E-state index < -0.39 is 0 Å². The fourth-order valence-corrected chi connectivity index (χ4v) is 2.00. The van der Waals surface area contributed by atoms with E-state index >= 15 is 0 Å². The third-order valence-electron chi connectivity index (χ3n) is 2.60. The van der Waals surface area contributed by atoms with Gasteiger partial charge in [0.2, 0.25) is 0 Å². The van der Waals surface area contributed by atoms with Gasteiger partial charge in [-0.25, -0.2) is 4.98 Å². The Morgan fingerprint density at radius 3 is 2.81 bits per heavy atom. The molecule has 86 valence electrons. The van der Waals surface area contributed by atoms with Crippen molar-refractivity contribution in [1.29, 1.82) is 0 Å². The first-order chi connectivity index (χ1) is 7.65. The Hall–Kier alpha value is -1.33. The van der Waals surface area contributed by atoms with Crippen LogP contribution in [0.25, 0.3) is 0 Å². The van der Waals surface area contributed by atoms with E-state index in [9.17, 15) is 0 Å². The van der Waals surface area contributed by atoms with E-state index in [0.717, 1.165) is 17.9 Å². The minimum absolute atomic E-state index is 0.303. The molecule has 0 radical (unpaired) electrons. The summed E-state index contributed by atoms with van der Waals surface area (Å²) in [4.78, 5) is 4.05. The van der Waals surface area contributed by atoms with Crippen LogP contribution in [-0.2, 0) is 13.6 Å². The molecular weight excluding hydrogens is 226 g/mol. The van der Waals surface area contributed by atoms with Gasteiger partial charge in [0, 0.05) is 13.6 Å². The van der Waals surface area contributed by atoms with Gasteiger partial charge in [-0.1, -0.05) is 11.6 Å². The van der Waals surface area contributed by atoms with Crippen LogP contribution in [0.1, 0.15) is 24.4 Å². The second kappa shape index (κ2) is 4.27. The molecule has 6 heteroatoms. The van der Waals surface area contributed by atoms with Crippen molar-refractivity contribution in [3.63, 3.8) is 0 Å². The average molecular weight is 240 g/mol. The molecule has 0 aromatic carbocycles. The number of nitrogens with zero attached hydrogens (tertiary/aromatic N) is 4. The van der Waals surface area contributed by atoms with E-state index in [1.807, 2.05) is 18.5 Å². The molecule has 1 atom stereocenters. The first kappa shape index (κ1) is 11.2. The number of imidazole rings is 1. The lowest BCUT2D eigenvalue weighted by atomic mass is 10.1. The molecule has 0 saturated heterocycles. The minimum Gasteiger partial charge on any atom is -0.336 e. The second-order valence-corrected chi connectivity index (χ2v) is 4.01. The molecule has 2 aromatic rings. The summed E-state index contributed by atoms with van der Waals surface area (Å²) >= 11 is 6.09. The highest BCUT2D eigenvalue weighted by atomic mass is 35.5. The van der Waals surface area contributed by atoms with Gasteiger partial charge >= 0.3 is 0 Å². The molecule has 0 aliphatic rings. The Morgan fingerprint density at radius 1 is 1.50 bits per heavy atom. The van der Waals surface area contributed by atoms with Crippen molar-refractivity contribution >= 4 is 11.6 Å². The maximum Gasteiger partial charge on any atom is 0.0946 e. The molecular formula is C10H14ClN5. The molecule has 2 N–H and O–H groups in total. The summed E-state index contributed by atoms with van der Waals surface area (Å²) in [6, 6.07) is -0.303. The van der Waals surface area contributed by atoms with Gasteiger partial charge in [-0.05, 0) is 6.92 Å². The smallest absolute Gasteiger partial charge is 0.0946 e. The lowest BCUT2D eigenvalue weighted by Gasteiger charge is -2.14. The van der Waals surface area contributed by atoms with Gasteiger partial charge in [0.05, 0.1) is 41.2 Å². The Bertz CT molecular complexity index is 487. The summed E-state index contributed by atoms with van der Waals surface area (Å²) in [5.74, 6) is 0. The Morgan fingerprint density at radius 2 is 2.25 bits per heavy atom. The summed E-state index contributed by atoms with van der Waals surface area (Å²) in [5, 5.41) is 4.76. The highest BCUT2D eigenvalue weighted by Crippen LogP contribution is 2.25. The van der Waals surface area contributed by atoms with E-state index in [4.69, 9.17) is 17.3 Å². The predicted octanol–water partition coefficient (Wildman–Crippen LogP) is 1.34. The number of aromatic nitrogens is 4. The summed E-state index contributed by atoms with van der Waals surface area (Å²) < 4.78 is 3.69. The maximum atomic E-state index is 6.18. The van der Waals surface area contributed by atoms with E-state index in [1.165, 1.54) is 0 Å². The van der Waals surface area contributed by atoms with Crippen LogP contribution in [0.3, 0.4) is 0 Å². The highest BCUT2D eigenvalue weighted by Gasteiger charge is 2.20. The van der Waals surface area contributed by atoms with E-state index in [2.05, 4.69) is 10.1 Å². The minimum atomic E-state index is -0.303. The van der Waals surface area contributed by atoms with Crippen molar-refractivity contribution < 1.29 is 0 Å². The molecule has 0 saturated carbocycles. The van der Waals surface area contributed by atoms with Crippen LogP contribution in [0, 0.1) is 0 Å². The molecule has 0 fully saturated rings. The summed E-state index contributed by atoms with van der Waals surface area (Å²) in [6.07, 6.45) is 5.08. The lowest BCUT2D eigenvalue weighted by Crippen LogP contribution is -2.19. The summed E-state index contributed by atoms with van der Waals surface area (Å²) in [7, 11) is 1.91.